The average molecular weight is 353 g/mol. The normalized spacial score (nSPS) is 20.2. The van der Waals surface area contributed by atoms with Crippen molar-refractivity contribution >= 4 is 17.5 Å². The molecule has 2 aliphatic rings. The van der Waals surface area contributed by atoms with Crippen molar-refractivity contribution in [2.75, 3.05) is 18.0 Å². The third kappa shape index (κ3) is 2.79. The third-order valence-electron chi connectivity index (χ3n) is 5.34. The average Bonchev–Trinajstić information content (AvgIpc) is 3.06. The number of anilines is 1. The van der Waals surface area contributed by atoms with Crippen molar-refractivity contribution in [3.8, 4) is 0 Å². The number of para-hydroxylation sites is 1. The molecule has 1 aliphatic heterocycles. The van der Waals surface area contributed by atoms with Crippen LogP contribution in [0.25, 0.3) is 0 Å². The van der Waals surface area contributed by atoms with Crippen LogP contribution in [0.4, 0.5) is 5.69 Å². The SMILES string of the molecule is Cc1ccccc1N1C(=O)CN(C(=O)c2noc3c2CCCC3)C[C@H]1C. The number of rotatable bonds is 2. The van der Waals surface area contributed by atoms with Crippen LogP contribution in [-0.2, 0) is 17.6 Å². The van der Waals surface area contributed by atoms with E-state index in [0.29, 0.717) is 12.2 Å². The summed E-state index contributed by atoms with van der Waals surface area (Å²) in [5, 5.41) is 4.02. The van der Waals surface area contributed by atoms with Crippen molar-refractivity contribution in [3.05, 3.63) is 46.8 Å². The number of carbonyl (C=O) groups excluding carboxylic acids is 2. The maximum atomic E-state index is 13.0. The lowest BCUT2D eigenvalue weighted by Gasteiger charge is -2.39. The third-order valence-corrected chi connectivity index (χ3v) is 5.34. The Morgan fingerprint density at radius 2 is 2.00 bits per heavy atom. The second-order valence-corrected chi connectivity index (χ2v) is 7.22. The van der Waals surface area contributed by atoms with Gasteiger partial charge in [-0.3, -0.25) is 9.59 Å². The summed E-state index contributed by atoms with van der Waals surface area (Å²) in [6, 6.07) is 7.75. The summed E-state index contributed by atoms with van der Waals surface area (Å²) < 4.78 is 5.37. The summed E-state index contributed by atoms with van der Waals surface area (Å²) in [7, 11) is 0. The minimum absolute atomic E-state index is 0.0660. The van der Waals surface area contributed by atoms with E-state index in [4.69, 9.17) is 4.52 Å². The number of nitrogens with zero attached hydrogens (tertiary/aromatic N) is 3. The largest absolute Gasteiger partial charge is 0.360 e. The molecular weight excluding hydrogens is 330 g/mol. The van der Waals surface area contributed by atoms with Gasteiger partial charge in [0.1, 0.15) is 12.3 Å². The van der Waals surface area contributed by atoms with Crippen LogP contribution in [0.2, 0.25) is 0 Å². The van der Waals surface area contributed by atoms with Crippen molar-refractivity contribution in [2.45, 2.75) is 45.6 Å². The molecule has 1 atom stereocenters. The molecule has 1 aromatic heterocycles. The van der Waals surface area contributed by atoms with Gasteiger partial charge in [0.25, 0.3) is 5.91 Å². The lowest BCUT2D eigenvalue weighted by molar-refractivity contribution is -0.121. The summed E-state index contributed by atoms with van der Waals surface area (Å²) >= 11 is 0. The number of hydrogen-bond acceptors (Lipinski definition) is 4. The lowest BCUT2D eigenvalue weighted by Crippen LogP contribution is -2.57. The highest BCUT2D eigenvalue weighted by Gasteiger charge is 2.36. The summed E-state index contributed by atoms with van der Waals surface area (Å²) in [6.07, 6.45) is 3.78. The van der Waals surface area contributed by atoms with Gasteiger partial charge < -0.3 is 14.3 Å². The second-order valence-electron chi connectivity index (χ2n) is 7.22. The molecule has 2 aromatic rings. The predicted octanol–water partition coefficient (Wildman–Crippen LogP) is 2.74. The first-order chi connectivity index (χ1) is 12.6. The molecule has 4 rings (SSSR count). The van der Waals surface area contributed by atoms with Crippen LogP contribution in [0, 0.1) is 6.92 Å². The number of carbonyl (C=O) groups is 2. The number of aromatic nitrogens is 1. The van der Waals surface area contributed by atoms with E-state index in [1.54, 1.807) is 9.80 Å². The van der Waals surface area contributed by atoms with Gasteiger partial charge in [-0.15, -0.1) is 0 Å². The van der Waals surface area contributed by atoms with Gasteiger partial charge in [0.05, 0.1) is 6.04 Å². The predicted molar refractivity (Wildman–Crippen MR) is 97.2 cm³/mol. The number of piperazine rings is 1. The van der Waals surface area contributed by atoms with E-state index in [1.807, 2.05) is 38.1 Å². The van der Waals surface area contributed by atoms with E-state index < -0.39 is 0 Å². The zero-order valence-corrected chi connectivity index (χ0v) is 15.2. The number of aryl methyl sites for hydroxylation is 2. The van der Waals surface area contributed by atoms with Gasteiger partial charge >= 0.3 is 0 Å². The molecule has 0 bridgehead atoms. The number of benzene rings is 1. The summed E-state index contributed by atoms with van der Waals surface area (Å²) in [5.41, 5.74) is 3.29. The fourth-order valence-corrected chi connectivity index (χ4v) is 4.01. The number of fused-ring (bicyclic) bond motifs is 1. The second kappa shape index (κ2) is 6.59. The Kier molecular flexibility index (Phi) is 4.26. The van der Waals surface area contributed by atoms with Gasteiger partial charge in [0.15, 0.2) is 5.69 Å². The summed E-state index contributed by atoms with van der Waals surface area (Å²) in [5.74, 6) is 0.572. The Balaban J connectivity index is 1.56. The first kappa shape index (κ1) is 16.8. The first-order valence-corrected chi connectivity index (χ1v) is 9.20. The molecule has 26 heavy (non-hydrogen) atoms. The van der Waals surface area contributed by atoms with Crippen molar-refractivity contribution in [2.24, 2.45) is 0 Å². The molecule has 6 nitrogen and oxygen atoms in total. The van der Waals surface area contributed by atoms with Gasteiger partial charge in [-0.05, 0) is 44.7 Å². The Labute approximate surface area is 152 Å². The van der Waals surface area contributed by atoms with Crippen molar-refractivity contribution in [1.29, 1.82) is 0 Å². The quantitative estimate of drug-likeness (QED) is 0.833. The monoisotopic (exact) mass is 353 g/mol. The zero-order valence-electron chi connectivity index (χ0n) is 15.2. The standard InChI is InChI=1S/C20H23N3O3/c1-13-7-3-5-9-16(13)23-14(2)11-22(12-18(23)24)20(25)19-15-8-4-6-10-17(15)26-21-19/h3,5,7,9,14H,4,6,8,10-12H2,1-2H3/t14-/m1/s1. The minimum Gasteiger partial charge on any atom is -0.360 e. The molecule has 0 radical (unpaired) electrons. The van der Waals surface area contributed by atoms with E-state index in [1.165, 1.54) is 0 Å². The zero-order chi connectivity index (χ0) is 18.3. The molecule has 1 aliphatic carbocycles. The Hall–Kier alpha value is -2.63. The maximum Gasteiger partial charge on any atom is 0.276 e. The van der Waals surface area contributed by atoms with Crippen LogP contribution < -0.4 is 4.90 Å². The molecule has 6 heteroatoms. The van der Waals surface area contributed by atoms with Crippen LogP contribution in [0.3, 0.4) is 0 Å². The van der Waals surface area contributed by atoms with E-state index >= 15 is 0 Å². The van der Waals surface area contributed by atoms with E-state index in [-0.39, 0.29) is 24.4 Å². The fourth-order valence-electron chi connectivity index (χ4n) is 4.01. The van der Waals surface area contributed by atoms with Crippen molar-refractivity contribution in [3.63, 3.8) is 0 Å². The highest BCUT2D eigenvalue weighted by atomic mass is 16.5. The Morgan fingerprint density at radius 1 is 1.23 bits per heavy atom. The number of amides is 2. The molecule has 0 spiro atoms. The summed E-state index contributed by atoms with van der Waals surface area (Å²) in [6.45, 7) is 4.52. The first-order valence-electron chi connectivity index (χ1n) is 9.20. The fraction of sp³-hybridized carbons (Fsp3) is 0.450. The maximum absolute atomic E-state index is 13.0. The molecule has 1 saturated heterocycles. The topological polar surface area (TPSA) is 66.7 Å². The van der Waals surface area contributed by atoms with Crippen LogP contribution in [0.15, 0.2) is 28.8 Å². The molecule has 1 fully saturated rings. The van der Waals surface area contributed by atoms with Crippen molar-refractivity contribution in [1.82, 2.24) is 10.1 Å². The Morgan fingerprint density at radius 3 is 2.77 bits per heavy atom. The highest BCUT2D eigenvalue weighted by molar-refractivity contribution is 6.02. The Bertz CT molecular complexity index is 858. The van der Waals surface area contributed by atoms with E-state index in [0.717, 1.165) is 48.3 Å². The smallest absolute Gasteiger partial charge is 0.276 e. The highest BCUT2D eigenvalue weighted by Crippen LogP contribution is 2.28. The van der Waals surface area contributed by atoms with Gasteiger partial charge in [-0.25, -0.2) is 0 Å². The molecular formula is C20H23N3O3. The van der Waals surface area contributed by atoms with Crippen LogP contribution in [0.1, 0.15) is 47.1 Å². The van der Waals surface area contributed by atoms with Gasteiger partial charge in [0, 0.05) is 24.2 Å². The molecule has 2 amide bonds. The van der Waals surface area contributed by atoms with Gasteiger partial charge in [0.2, 0.25) is 5.91 Å². The lowest BCUT2D eigenvalue weighted by atomic mass is 9.96. The minimum atomic E-state index is -0.193. The van der Waals surface area contributed by atoms with Crippen LogP contribution in [0.5, 0.6) is 0 Å². The molecule has 2 heterocycles. The molecule has 136 valence electrons. The van der Waals surface area contributed by atoms with E-state index in [2.05, 4.69) is 5.16 Å². The molecule has 0 unspecified atom stereocenters. The number of hydrogen-bond donors (Lipinski definition) is 0. The van der Waals surface area contributed by atoms with Crippen LogP contribution in [-0.4, -0.2) is 41.0 Å². The van der Waals surface area contributed by atoms with Crippen molar-refractivity contribution < 1.29 is 14.1 Å². The van der Waals surface area contributed by atoms with Gasteiger partial charge in [-0.2, -0.15) is 0 Å². The molecule has 1 aromatic carbocycles. The van der Waals surface area contributed by atoms with Crippen LogP contribution >= 0.6 is 0 Å². The molecule has 0 saturated carbocycles. The molecule has 0 N–H and O–H groups in total. The summed E-state index contributed by atoms with van der Waals surface area (Å²) in [4.78, 5) is 29.2. The van der Waals surface area contributed by atoms with E-state index in [9.17, 15) is 9.59 Å². The van der Waals surface area contributed by atoms with Gasteiger partial charge in [-0.1, -0.05) is 23.4 Å².